The van der Waals surface area contributed by atoms with Crippen LogP contribution in [0, 0.1) is 6.92 Å². The van der Waals surface area contributed by atoms with E-state index >= 15 is 0 Å². The molecule has 0 saturated heterocycles. The van der Waals surface area contributed by atoms with Crippen molar-refractivity contribution in [2.45, 2.75) is 13.0 Å². The predicted octanol–water partition coefficient (Wildman–Crippen LogP) is 1.69. The fourth-order valence-corrected chi connectivity index (χ4v) is 1.62. The van der Waals surface area contributed by atoms with E-state index in [2.05, 4.69) is 15.3 Å². The van der Waals surface area contributed by atoms with Crippen molar-refractivity contribution in [1.29, 1.82) is 0 Å². The molecule has 78 valence electrons. The Hall–Kier alpha value is -1.68. The van der Waals surface area contributed by atoms with E-state index in [1.54, 1.807) is 24.9 Å². The zero-order valence-electron chi connectivity index (χ0n) is 8.77. The summed E-state index contributed by atoms with van der Waals surface area (Å²) in [5, 5.41) is 3.20. The van der Waals surface area contributed by atoms with Crippen molar-refractivity contribution < 1.29 is 4.42 Å². The van der Waals surface area contributed by atoms with Gasteiger partial charge in [0, 0.05) is 18.0 Å². The summed E-state index contributed by atoms with van der Waals surface area (Å²) in [5.74, 6) is 0.903. The van der Waals surface area contributed by atoms with Gasteiger partial charge in [0.25, 0.3) is 0 Å². The summed E-state index contributed by atoms with van der Waals surface area (Å²) in [6.07, 6.45) is 6.80. The molecule has 2 rings (SSSR count). The fraction of sp³-hybridized carbons (Fsp3) is 0.273. The van der Waals surface area contributed by atoms with Crippen LogP contribution in [0.1, 0.15) is 23.1 Å². The average Bonchev–Trinajstić information content (AvgIpc) is 2.68. The van der Waals surface area contributed by atoms with Gasteiger partial charge in [0.1, 0.15) is 5.76 Å². The van der Waals surface area contributed by atoms with Crippen LogP contribution in [0.2, 0.25) is 0 Å². The van der Waals surface area contributed by atoms with E-state index in [4.69, 9.17) is 4.42 Å². The van der Waals surface area contributed by atoms with Crippen molar-refractivity contribution in [3.8, 4) is 0 Å². The molecule has 0 aliphatic rings. The minimum absolute atomic E-state index is 0.0393. The summed E-state index contributed by atoms with van der Waals surface area (Å²) in [6, 6.07) is 1.99. The second-order valence-electron chi connectivity index (χ2n) is 3.28. The third-order valence-electron chi connectivity index (χ3n) is 2.38. The molecule has 2 heterocycles. The number of nitrogens with zero attached hydrogens (tertiary/aromatic N) is 2. The number of rotatable bonds is 3. The quantitative estimate of drug-likeness (QED) is 0.824. The van der Waals surface area contributed by atoms with Crippen molar-refractivity contribution in [2.75, 3.05) is 7.05 Å². The molecule has 2 aromatic heterocycles. The average molecular weight is 203 g/mol. The lowest BCUT2D eigenvalue weighted by molar-refractivity contribution is 0.522. The summed E-state index contributed by atoms with van der Waals surface area (Å²) in [5.41, 5.74) is 1.99. The minimum Gasteiger partial charge on any atom is -0.469 e. The van der Waals surface area contributed by atoms with Gasteiger partial charge in [-0.25, -0.2) is 0 Å². The van der Waals surface area contributed by atoms with Crippen molar-refractivity contribution in [1.82, 2.24) is 15.3 Å². The molecule has 0 amide bonds. The van der Waals surface area contributed by atoms with Crippen molar-refractivity contribution in [3.05, 3.63) is 47.9 Å². The monoisotopic (exact) mass is 203 g/mol. The summed E-state index contributed by atoms with van der Waals surface area (Å²) in [4.78, 5) is 8.34. The second-order valence-corrected chi connectivity index (χ2v) is 3.28. The van der Waals surface area contributed by atoms with Crippen LogP contribution in [0.25, 0.3) is 0 Å². The minimum atomic E-state index is 0.0393. The number of aromatic nitrogens is 2. The van der Waals surface area contributed by atoms with Crippen LogP contribution >= 0.6 is 0 Å². The topological polar surface area (TPSA) is 51.0 Å². The van der Waals surface area contributed by atoms with Gasteiger partial charge in [-0.05, 0) is 20.0 Å². The summed E-state index contributed by atoms with van der Waals surface area (Å²) in [6.45, 7) is 1.94. The Morgan fingerprint density at radius 2 is 2.27 bits per heavy atom. The molecular weight excluding hydrogens is 190 g/mol. The first-order valence-corrected chi connectivity index (χ1v) is 4.80. The Morgan fingerprint density at radius 1 is 1.40 bits per heavy atom. The fourth-order valence-electron chi connectivity index (χ4n) is 1.62. The number of hydrogen-bond donors (Lipinski definition) is 1. The van der Waals surface area contributed by atoms with Gasteiger partial charge in [-0.15, -0.1) is 0 Å². The van der Waals surface area contributed by atoms with Crippen molar-refractivity contribution in [3.63, 3.8) is 0 Å². The van der Waals surface area contributed by atoms with E-state index < -0.39 is 0 Å². The first kappa shape index (κ1) is 9.86. The van der Waals surface area contributed by atoms with E-state index in [0.717, 1.165) is 17.0 Å². The van der Waals surface area contributed by atoms with Crippen LogP contribution in [-0.2, 0) is 0 Å². The Balaban J connectivity index is 2.37. The molecule has 0 aliphatic carbocycles. The van der Waals surface area contributed by atoms with Gasteiger partial charge >= 0.3 is 0 Å². The molecule has 1 N–H and O–H groups in total. The van der Waals surface area contributed by atoms with E-state index in [-0.39, 0.29) is 6.04 Å². The highest BCUT2D eigenvalue weighted by atomic mass is 16.3. The van der Waals surface area contributed by atoms with Crippen LogP contribution in [0.15, 0.2) is 35.3 Å². The van der Waals surface area contributed by atoms with Crippen LogP contribution in [-0.4, -0.2) is 17.0 Å². The van der Waals surface area contributed by atoms with Crippen LogP contribution in [0.5, 0.6) is 0 Å². The first-order chi connectivity index (χ1) is 7.33. The predicted molar refractivity (Wildman–Crippen MR) is 56.4 cm³/mol. The molecular formula is C11H13N3O. The zero-order valence-corrected chi connectivity index (χ0v) is 8.77. The molecule has 4 nitrogen and oxygen atoms in total. The normalized spacial score (nSPS) is 12.7. The van der Waals surface area contributed by atoms with Crippen molar-refractivity contribution >= 4 is 0 Å². The maximum atomic E-state index is 5.28. The second kappa shape index (κ2) is 4.23. The molecule has 1 unspecified atom stereocenters. The highest BCUT2D eigenvalue weighted by Crippen LogP contribution is 2.23. The SMILES string of the molecule is CNC(c1cnccn1)c1ccoc1C. The Bertz CT molecular complexity index is 424. The number of hydrogen-bond acceptors (Lipinski definition) is 4. The van der Waals surface area contributed by atoms with Gasteiger partial charge in [0.2, 0.25) is 0 Å². The lowest BCUT2D eigenvalue weighted by atomic mass is 10.1. The molecule has 0 bridgehead atoms. The third-order valence-corrected chi connectivity index (χ3v) is 2.38. The molecule has 0 aromatic carbocycles. The van der Waals surface area contributed by atoms with E-state index in [1.165, 1.54) is 0 Å². The molecule has 0 spiro atoms. The van der Waals surface area contributed by atoms with Crippen LogP contribution in [0.4, 0.5) is 0 Å². The van der Waals surface area contributed by atoms with E-state index in [1.807, 2.05) is 20.0 Å². The molecule has 4 heteroatoms. The highest BCUT2D eigenvalue weighted by molar-refractivity contribution is 5.27. The number of aryl methyl sites for hydroxylation is 1. The standard InChI is InChI=1S/C11H13N3O/c1-8-9(3-6-15-8)11(12-2)10-7-13-4-5-14-10/h3-7,11-12H,1-2H3. The molecule has 0 radical (unpaired) electrons. The van der Waals surface area contributed by atoms with Gasteiger partial charge in [0.05, 0.1) is 24.2 Å². The van der Waals surface area contributed by atoms with Gasteiger partial charge in [-0.2, -0.15) is 0 Å². The highest BCUT2D eigenvalue weighted by Gasteiger charge is 2.17. The number of furan rings is 1. The van der Waals surface area contributed by atoms with Gasteiger partial charge in [-0.1, -0.05) is 0 Å². The maximum Gasteiger partial charge on any atom is 0.105 e. The third kappa shape index (κ3) is 1.89. The van der Waals surface area contributed by atoms with E-state index in [9.17, 15) is 0 Å². The Morgan fingerprint density at radius 3 is 2.80 bits per heavy atom. The van der Waals surface area contributed by atoms with Crippen LogP contribution in [0.3, 0.4) is 0 Å². The van der Waals surface area contributed by atoms with Crippen LogP contribution < -0.4 is 5.32 Å². The van der Waals surface area contributed by atoms with Crippen molar-refractivity contribution in [2.24, 2.45) is 0 Å². The largest absolute Gasteiger partial charge is 0.469 e. The summed E-state index contributed by atoms with van der Waals surface area (Å²) >= 11 is 0. The smallest absolute Gasteiger partial charge is 0.105 e. The molecule has 0 fully saturated rings. The van der Waals surface area contributed by atoms with Gasteiger partial charge < -0.3 is 9.73 Å². The molecule has 2 aromatic rings. The van der Waals surface area contributed by atoms with E-state index in [0.29, 0.717) is 0 Å². The molecule has 0 saturated carbocycles. The Kier molecular flexibility index (Phi) is 2.78. The summed E-state index contributed by atoms with van der Waals surface area (Å²) in [7, 11) is 1.89. The molecule has 15 heavy (non-hydrogen) atoms. The summed E-state index contributed by atoms with van der Waals surface area (Å²) < 4.78 is 5.28. The maximum absolute atomic E-state index is 5.28. The van der Waals surface area contributed by atoms with Gasteiger partial charge in [-0.3, -0.25) is 9.97 Å². The lowest BCUT2D eigenvalue weighted by Crippen LogP contribution is -2.19. The molecule has 0 aliphatic heterocycles. The lowest BCUT2D eigenvalue weighted by Gasteiger charge is -2.13. The number of nitrogens with one attached hydrogen (secondary N) is 1. The first-order valence-electron chi connectivity index (χ1n) is 4.80. The molecule has 1 atom stereocenters. The van der Waals surface area contributed by atoms with Gasteiger partial charge in [0.15, 0.2) is 0 Å². The zero-order chi connectivity index (χ0) is 10.7. The Labute approximate surface area is 88.4 Å².